The summed E-state index contributed by atoms with van der Waals surface area (Å²) in [6.45, 7) is 2.77. The third-order valence-corrected chi connectivity index (χ3v) is 4.30. The molecule has 1 N–H and O–H groups in total. The number of hydrogen-bond acceptors (Lipinski definition) is 2. The van der Waals surface area contributed by atoms with E-state index in [-0.39, 0.29) is 6.04 Å². The first-order chi connectivity index (χ1) is 9.08. The van der Waals surface area contributed by atoms with Crippen LogP contribution in [0, 0.1) is 0 Å². The van der Waals surface area contributed by atoms with E-state index in [0.29, 0.717) is 6.54 Å². The standard InChI is InChI=1S/C14H13Br2ClN2/c1-9(11-4-2-3-5-13(11)17)18-8-14-12(16)6-10(15)7-19-14/h2-7,9,18H,8H2,1H3/t9-/m1/s1. The van der Waals surface area contributed by atoms with Gasteiger partial charge in [-0.15, -0.1) is 0 Å². The summed E-state index contributed by atoms with van der Waals surface area (Å²) in [4.78, 5) is 4.38. The number of benzene rings is 1. The molecule has 0 bridgehead atoms. The van der Waals surface area contributed by atoms with Crippen LogP contribution in [0.3, 0.4) is 0 Å². The second-order valence-corrected chi connectivity index (χ2v) is 6.38. The highest BCUT2D eigenvalue weighted by atomic mass is 79.9. The van der Waals surface area contributed by atoms with Crippen molar-refractivity contribution in [2.75, 3.05) is 0 Å². The van der Waals surface area contributed by atoms with Crippen LogP contribution in [-0.4, -0.2) is 4.98 Å². The molecule has 0 saturated carbocycles. The fraction of sp³-hybridized carbons (Fsp3) is 0.214. The molecule has 0 fully saturated rings. The van der Waals surface area contributed by atoms with Gasteiger partial charge in [-0.3, -0.25) is 4.98 Å². The lowest BCUT2D eigenvalue weighted by Gasteiger charge is -2.16. The molecule has 1 atom stereocenters. The van der Waals surface area contributed by atoms with E-state index in [1.54, 1.807) is 6.20 Å². The summed E-state index contributed by atoms with van der Waals surface area (Å²) in [6.07, 6.45) is 1.79. The fourth-order valence-corrected chi connectivity index (χ4v) is 3.19. The Labute approximate surface area is 134 Å². The van der Waals surface area contributed by atoms with Gasteiger partial charge in [0, 0.05) is 32.8 Å². The molecule has 19 heavy (non-hydrogen) atoms. The van der Waals surface area contributed by atoms with Gasteiger partial charge in [-0.2, -0.15) is 0 Å². The number of nitrogens with zero attached hydrogens (tertiary/aromatic N) is 1. The van der Waals surface area contributed by atoms with Gasteiger partial charge in [0.2, 0.25) is 0 Å². The van der Waals surface area contributed by atoms with E-state index in [0.717, 1.165) is 25.2 Å². The minimum atomic E-state index is 0.172. The van der Waals surface area contributed by atoms with Crippen LogP contribution in [-0.2, 0) is 6.54 Å². The zero-order valence-electron chi connectivity index (χ0n) is 10.3. The number of hydrogen-bond donors (Lipinski definition) is 1. The normalized spacial score (nSPS) is 12.4. The number of aromatic nitrogens is 1. The molecule has 5 heteroatoms. The van der Waals surface area contributed by atoms with Crippen LogP contribution in [0.2, 0.25) is 5.02 Å². The third kappa shape index (κ3) is 4.02. The van der Waals surface area contributed by atoms with Crippen molar-refractivity contribution in [3.05, 3.63) is 61.8 Å². The van der Waals surface area contributed by atoms with Crippen LogP contribution in [0.1, 0.15) is 24.2 Å². The molecule has 2 aromatic rings. The molecule has 0 aliphatic heterocycles. The molecule has 0 saturated heterocycles. The predicted molar refractivity (Wildman–Crippen MR) is 86.3 cm³/mol. The molecule has 0 unspecified atom stereocenters. The van der Waals surface area contributed by atoms with Crippen LogP contribution < -0.4 is 5.32 Å². The molecular weight excluding hydrogens is 391 g/mol. The Morgan fingerprint density at radius 1 is 1.32 bits per heavy atom. The lowest BCUT2D eigenvalue weighted by molar-refractivity contribution is 0.566. The van der Waals surface area contributed by atoms with Crippen LogP contribution in [0.4, 0.5) is 0 Å². The zero-order valence-corrected chi connectivity index (χ0v) is 14.3. The van der Waals surface area contributed by atoms with Gasteiger partial charge >= 0.3 is 0 Å². The van der Waals surface area contributed by atoms with Gasteiger partial charge < -0.3 is 5.32 Å². The Kier molecular flexibility index (Phi) is 5.39. The first-order valence-electron chi connectivity index (χ1n) is 5.85. The van der Waals surface area contributed by atoms with Gasteiger partial charge in [0.05, 0.1) is 5.69 Å². The van der Waals surface area contributed by atoms with E-state index < -0.39 is 0 Å². The number of halogens is 3. The first-order valence-corrected chi connectivity index (χ1v) is 7.82. The highest BCUT2D eigenvalue weighted by Gasteiger charge is 2.10. The summed E-state index contributed by atoms with van der Waals surface area (Å²) in [6, 6.07) is 10.0. The van der Waals surface area contributed by atoms with Crippen LogP contribution in [0.15, 0.2) is 45.5 Å². The molecule has 2 rings (SSSR count). The number of rotatable bonds is 4. The number of pyridine rings is 1. The average Bonchev–Trinajstić information content (AvgIpc) is 2.38. The third-order valence-electron chi connectivity index (χ3n) is 2.83. The molecule has 1 aromatic heterocycles. The van der Waals surface area contributed by atoms with Crippen molar-refractivity contribution in [2.45, 2.75) is 19.5 Å². The van der Waals surface area contributed by atoms with Gasteiger partial charge in [-0.1, -0.05) is 29.8 Å². The molecular formula is C14H13Br2ClN2. The van der Waals surface area contributed by atoms with Gasteiger partial charge in [-0.25, -0.2) is 0 Å². The second kappa shape index (κ2) is 6.84. The summed E-state index contributed by atoms with van der Waals surface area (Å²) in [5.74, 6) is 0. The Hall–Kier alpha value is -0.420. The predicted octanol–water partition coefficient (Wildman–Crippen LogP) is 5.11. The summed E-state index contributed by atoms with van der Waals surface area (Å²) in [5.41, 5.74) is 2.07. The second-order valence-electron chi connectivity index (χ2n) is 4.21. The van der Waals surface area contributed by atoms with E-state index >= 15 is 0 Å². The van der Waals surface area contributed by atoms with Gasteiger partial charge in [0.15, 0.2) is 0 Å². The highest BCUT2D eigenvalue weighted by molar-refractivity contribution is 9.11. The lowest BCUT2D eigenvalue weighted by atomic mass is 10.1. The topological polar surface area (TPSA) is 24.9 Å². The van der Waals surface area contributed by atoms with Crippen molar-refractivity contribution in [1.82, 2.24) is 10.3 Å². The monoisotopic (exact) mass is 402 g/mol. The van der Waals surface area contributed by atoms with E-state index in [1.165, 1.54) is 0 Å². The van der Waals surface area contributed by atoms with Crippen molar-refractivity contribution in [3.8, 4) is 0 Å². The van der Waals surface area contributed by atoms with Gasteiger partial charge in [0.25, 0.3) is 0 Å². The minimum Gasteiger partial charge on any atom is -0.304 e. The number of nitrogens with one attached hydrogen (secondary N) is 1. The van der Waals surface area contributed by atoms with E-state index in [2.05, 4.69) is 49.1 Å². The zero-order chi connectivity index (χ0) is 13.8. The molecule has 0 spiro atoms. The van der Waals surface area contributed by atoms with Gasteiger partial charge in [-0.05, 0) is 56.5 Å². The lowest BCUT2D eigenvalue weighted by Crippen LogP contribution is -2.19. The maximum atomic E-state index is 6.18. The summed E-state index contributed by atoms with van der Waals surface area (Å²) < 4.78 is 1.95. The molecule has 0 radical (unpaired) electrons. The fourth-order valence-electron chi connectivity index (χ4n) is 1.76. The van der Waals surface area contributed by atoms with Crippen molar-refractivity contribution < 1.29 is 0 Å². The summed E-state index contributed by atoms with van der Waals surface area (Å²) in [5, 5.41) is 4.21. The highest BCUT2D eigenvalue weighted by Crippen LogP contribution is 2.24. The van der Waals surface area contributed by atoms with Crippen LogP contribution in [0.5, 0.6) is 0 Å². The van der Waals surface area contributed by atoms with Gasteiger partial charge in [0.1, 0.15) is 0 Å². The average molecular weight is 405 g/mol. The summed E-state index contributed by atoms with van der Waals surface area (Å²) in [7, 11) is 0. The summed E-state index contributed by atoms with van der Waals surface area (Å²) >= 11 is 13.1. The molecule has 2 nitrogen and oxygen atoms in total. The first kappa shape index (κ1) is 15.0. The molecule has 0 amide bonds. The molecule has 0 aliphatic carbocycles. The van der Waals surface area contributed by atoms with Crippen molar-refractivity contribution in [3.63, 3.8) is 0 Å². The maximum absolute atomic E-state index is 6.18. The molecule has 1 heterocycles. The molecule has 0 aliphatic rings. The van der Waals surface area contributed by atoms with Crippen molar-refractivity contribution in [1.29, 1.82) is 0 Å². The van der Waals surface area contributed by atoms with Crippen LogP contribution in [0.25, 0.3) is 0 Å². The Morgan fingerprint density at radius 2 is 2.05 bits per heavy atom. The minimum absolute atomic E-state index is 0.172. The van der Waals surface area contributed by atoms with Crippen molar-refractivity contribution >= 4 is 43.5 Å². The van der Waals surface area contributed by atoms with E-state index in [4.69, 9.17) is 11.6 Å². The van der Waals surface area contributed by atoms with Crippen LogP contribution >= 0.6 is 43.5 Å². The SMILES string of the molecule is C[C@@H](NCc1ncc(Br)cc1Br)c1ccccc1Cl. The smallest absolute Gasteiger partial charge is 0.0684 e. The Balaban J connectivity index is 2.04. The van der Waals surface area contributed by atoms with E-state index in [9.17, 15) is 0 Å². The molecule has 100 valence electrons. The largest absolute Gasteiger partial charge is 0.304 e. The van der Waals surface area contributed by atoms with E-state index in [1.807, 2.05) is 30.3 Å². The Bertz CT molecular complexity index is 575. The maximum Gasteiger partial charge on any atom is 0.0684 e. The van der Waals surface area contributed by atoms with Crippen molar-refractivity contribution in [2.24, 2.45) is 0 Å². The Morgan fingerprint density at radius 3 is 2.74 bits per heavy atom. The molecule has 1 aromatic carbocycles. The quantitative estimate of drug-likeness (QED) is 0.766.